The Morgan fingerprint density at radius 2 is 2.11 bits per heavy atom. The van der Waals surface area contributed by atoms with Gasteiger partial charge in [-0.2, -0.15) is 0 Å². The molecule has 2 rings (SSSR count). The Balaban J connectivity index is 2.21. The minimum absolute atomic E-state index is 0.150. The summed E-state index contributed by atoms with van der Waals surface area (Å²) < 4.78 is 13.3. The summed E-state index contributed by atoms with van der Waals surface area (Å²) in [5.74, 6) is -0.150. The van der Waals surface area contributed by atoms with Crippen molar-refractivity contribution < 1.29 is 4.39 Å². The summed E-state index contributed by atoms with van der Waals surface area (Å²) in [6, 6.07) is 6.95. The number of benzene rings is 1. The number of anilines is 1. The monoisotopic (exact) mass is 250 g/mol. The van der Waals surface area contributed by atoms with Gasteiger partial charge in [0.2, 0.25) is 0 Å². The van der Waals surface area contributed by atoms with Crippen LogP contribution in [0.25, 0.3) is 0 Å². The second-order valence-electron chi connectivity index (χ2n) is 5.17. The average Bonchev–Trinajstić information content (AvgIpc) is 2.62. The summed E-state index contributed by atoms with van der Waals surface area (Å²) in [7, 11) is 0. The van der Waals surface area contributed by atoms with Crippen LogP contribution in [0.15, 0.2) is 24.3 Å². The lowest BCUT2D eigenvalue weighted by molar-refractivity contribution is 0.321. The molecule has 0 aliphatic carbocycles. The summed E-state index contributed by atoms with van der Waals surface area (Å²) in [6.07, 6.45) is 3.32. The van der Waals surface area contributed by atoms with E-state index in [9.17, 15) is 4.39 Å². The van der Waals surface area contributed by atoms with Crippen LogP contribution < -0.4 is 10.2 Å². The molecule has 0 bridgehead atoms. The molecule has 18 heavy (non-hydrogen) atoms. The number of nitrogens with one attached hydrogen (secondary N) is 1. The minimum atomic E-state index is -0.150. The van der Waals surface area contributed by atoms with E-state index in [0.29, 0.717) is 0 Å². The maximum atomic E-state index is 13.3. The minimum Gasteiger partial charge on any atom is -0.370 e. The number of hydrogen-bond acceptors (Lipinski definition) is 2. The Morgan fingerprint density at radius 1 is 1.33 bits per heavy atom. The molecule has 1 N–H and O–H groups in total. The molecule has 1 fully saturated rings. The van der Waals surface area contributed by atoms with E-state index in [0.717, 1.165) is 44.6 Å². The van der Waals surface area contributed by atoms with E-state index < -0.39 is 0 Å². The Bertz CT molecular complexity index is 388. The first-order chi connectivity index (χ1) is 8.69. The highest BCUT2D eigenvalue weighted by Crippen LogP contribution is 2.24. The third-order valence-electron chi connectivity index (χ3n) is 4.13. The fourth-order valence-corrected chi connectivity index (χ4v) is 2.74. The second-order valence-corrected chi connectivity index (χ2v) is 5.17. The van der Waals surface area contributed by atoms with Crippen molar-refractivity contribution in [1.82, 2.24) is 5.32 Å². The lowest BCUT2D eigenvalue weighted by atomic mass is 9.92. The van der Waals surface area contributed by atoms with Crippen molar-refractivity contribution in [3.63, 3.8) is 0 Å². The molecule has 0 aromatic heterocycles. The van der Waals surface area contributed by atoms with Crippen LogP contribution in [-0.4, -0.2) is 25.2 Å². The molecule has 1 saturated heterocycles. The molecule has 0 amide bonds. The van der Waals surface area contributed by atoms with Gasteiger partial charge in [-0.1, -0.05) is 19.9 Å². The zero-order valence-corrected chi connectivity index (χ0v) is 11.4. The van der Waals surface area contributed by atoms with Crippen LogP contribution in [0.1, 0.15) is 33.1 Å². The number of hydrogen-bond donors (Lipinski definition) is 1. The van der Waals surface area contributed by atoms with Crippen LogP contribution >= 0.6 is 0 Å². The van der Waals surface area contributed by atoms with Gasteiger partial charge in [-0.25, -0.2) is 4.39 Å². The lowest BCUT2D eigenvalue weighted by Crippen LogP contribution is -2.50. The molecular formula is C15H23FN2. The van der Waals surface area contributed by atoms with Gasteiger partial charge in [0.05, 0.1) is 0 Å². The molecule has 1 aliphatic rings. The molecule has 3 heteroatoms. The van der Waals surface area contributed by atoms with Crippen LogP contribution in [-0.2, 0) is 0 Å². The van der Waals surface area contributed by atoms with E-state index >= 15 is 0 Å². The molecule has 0 saturated carbocycles. The maximum absolute atomic E-state index is 13.3. The Hall–Kier alpha value is -1.09. The first kappa shape index (κ1) is 13.3. The predicted octanol–water partition coefficient (Wildman–Crippen LogP) is 3.18. The van der Waals surface area contributed by atoms with Crippen LogP contribution in [0.2, 0.25) is 0 Å². The van der Waals surface area contributed by atoms with Crippen molar-refractivity contribution in [2.24, 2.45) is 0 Å². The highest BCUT2D eigenvalue weighted by molar-refractivity contribution is 5.47. The molecule has 0 atom stereocenters. The smallest absolute Gasteiger partial charge is 0.125 e. The summed E-state index contributed by atoms with van der Waals surface area (Å²) in [5.41, 5.74) is 1.17. The van der Waals surface area contributed by atoms with Crippen molar-refractivity contribution >= 4 is 5.69 Å². The van der Waals surface area contributed by atoms with E-state index in [-0.39, 0.29) is 11.4 Å². The van der Waals surface area contributed by atoms with E-state index in [2.05, 4.69) is 24.1 Å². The molecule has 0 unspecified atom stereocenters. The zero-order chi connectivity index (χ0) is 13.0. The van der Waals surface area contributed by atoms with Crippen molar-refractivity contribution in [1.29, 1.82) is 0 Å². The molecule has 1 aliphatic heterocycles. The van der Waals surface area contributed by atoms with Gasteiger partial charge in [-0.05, 0) is 44.0 Å². The van der Waals surface area contributed by atoms with Crippen molar-refractivity contribution in [3.05, 3.63) is 30.1 Å². The molecule has 1 aromatic carbocycles. The Morgan fingerprint density at radius 3 is 2.78 bits per heavy atom. The lowest BCUT2D eigenvalue weighted by Gasteiger charge is -2.36. The Kier molecular flexibility index (Phi) is 4.23. The SMILES string of the molecule is CCC1(CC)CN(c2cccc(F)c2)CCCN1. The molecule has 100 valence electrons. The van der Waals surface area contributed by atoms with Crippen molar-refractivity contribution in [2.45, 2.75) is 38.6 Å². The Labute approximate surface area is 109 Å². The van der Waals surface area contributed by atoms with Crippen LogP contribution in [0, 0.1) is 5.82 Å². The maximum Gasteiger partial charge on any atom is 0.125 e. The van der Waals surface area contributed by atoms with Gasteiger partial charge in [0.15, 0.2) is 0 Å². The number of nitrogens with zero attached hydrogens (tertiary/aromatic N) is 1. The summed E-state index contributed by atoms with van der Waals surface area (Å²) in [4.78, 5) is 2.32. The van der Waals surface area contributed by atoms with Crippen LogP contribution in [0.5, 0.6) is 0 Å². The second kappa shape index (κ2) is 5.70. The zero-order valence-electron chi connectivity index (χ0n) is 11.4. The predicted molar refractivity (Wildman–Crippen MR) is 74.5 cm³/mol. The summed E-state index contributed by atoms with van der Waals surface area (Å²) in [5, 5.41) is 3.67. The molecule has 1 aromatic rings. The van der Waals surface area contributed by atoms with E-state index in [1.165, 1.54) is 6.07 Å². The third kappa shape index (κ3) is 2.83. The first-order valence-electron chi connectivity index (χ1n) is 6.94. The first-order valence-corrected chi connectivity index (χ1v) is 6.94. The fourth-order valence-electron chi connectivity index (χ4n) is 2.74. The van der Waals surface area contributed by atoms with E-state index in [1.54, 1.807) is 12.1 Å². The van der Waals surface area contributed by atoms with Gasteiger partial charge in [-0.3, -0.25) is 0 Å². The average molecular weight is 250 g/mol. The fraction of sp³-hybridized carbons (Fsp3) is 0.600. The molecule has 0 radical (unpaired) electrons. The molecule has 2 nitrogen and oxygen atoms in total. The van der Waals surface area contributed by atoms with Gasteiger partial charge in [0.25, 0.3) is 0 Å². The third-order valence-corrected chi connectivity index (χ3v) is 4.13. The standard InChI is InChI=1S/C15H23FN2/c1-3-15(4-2)12-18(10-6-9-17-15)14-8-5-7-13(16)11-14/h5,7-8,11,17H,3-4,6,9-10,12H2,1-2H3. The normalized spacial score (nSPS) is 19.6. The van der Waals surface area contributed by atoms with Gasteiger partial charge in [0.1, 0.15) is 5.82 Å². The van der Waals surface area contributed by atoms with Crippen molar-refractivity contribution in [2.75, 3.05) is 24.5 Å². The topological polar surface area (TPSA) is 15.3 Å². The number of rotatable bonds is 3. The van der Waals surface area contributed by atoms with Gasteiger partial charge < -0.3 is 10.2 Å². The van der Waals surface area contributed by atoms with Crippen LogP contribution in [0.4, 0.5) is 10.1 Å². The van der Waals surface area contributed by atoms with Crippen LogP contribution in [0.3, 0.4) is 0 Å². The molecular weight excluding hydrogens is 227 g/mol. The highest BCUT2D eigenvalue weighted by atomic mass is 19.1. The quantitative estimate of drug-likeness (QED) is 0.886. The van der Waals surface area contributed by atoms with Gasteiger partial charge in [-0.15, -0.1) is 0 Å². The summed E-state index contributed by atoms with van der Waals surface area (Å²) in [6.45, 7) is 7.46. The van der Waals surface area contributed by atoms with Crippen molar-refractivity contribution in [3.8, 4) is 0 Å². The largest absolute Gasteiger partial charge is 0.370 e. The van der Waals surface area contributed by atoms with Gasteiger partial charge in [0, 0.05) is 24.3 Å². The summed E-state index contributed by atoms with van der Waals surface area (Å²) >= 11 is 0. The van der Waals surface area contributed by atoms with Gasteiger partial charge >= 0.3 is 0 Å². The molecule has 1 heterocycles. The molecule has 0 spiro atoms. The number of halogens is 1. The highest BCUT2D eigenvalue weighted by Gasteiger charge is 2.30. The van der Waals surface area contributed by atoms with E-state index in [1.807, 2.05) is 6.07 Å². The van der Waals surface area contributed by atoms with E-state index in [4.69, 9.17) is 0 Å².